The Labute approximate surface area is 149 Å². The van der Waals surface area contributed by atoms with Crippen LogP contribution in [-0.4, -0.2) is 51.9 Å². The summed E-state index contributed by atoms with van der Waals surface area (Å²) in [6.45, 7) is 0.341. The fourth-order valence-corrected chi connectivity index (χ4v) is 3.21. The molecule has 0 saturated carbocycles. The maximum absolute atomic E-state index is 12.7. The van der Waals surface area contributed by atoms with E-state index in [1.165, 1.54) is 24.1 Å². The fraction of sp³-hybridized carbons (Fsp3) is 0.333. The number of amides is 1. The first-order valence-electron chi connectivity index (χ1n) is 8.11. The van der Waals surface area contributed by atoms with Crippen LogP contribution in [0.5, 0.6) is 5.75 Å². The molecule has 0 bridgehead atoms. The normalized spacial score (nSPS) is 19.4. The molecule has 1 N–H and O–H groups in total. The molecular weight excluding hydrogens is 338 g/mol. The monoisotopic (exact) mass is 357 g/mol. The number of aromatic nitrogens is 2. The minimum atomic E-state index is -0.957. The van der Waals surface area contributed by atoms with Crippen molar-refractivity contribution in [2.45, 2.75) is 5.92 Å². The molecular formula is C18H19N3O5. The summed E-state index contributed by atoms with van der Waals surface area (Å²) in [4.78, 5) is 37.3. The molecule has 1 aliphatic heterocycles. The second-order valence-corrected chi connectivity index (χ2v) is 6.22. The predicted octanol–water partition coefficient (Wildman–Crippen LogP) is 0.729. The van der Waals surface area contributed by atoms with Crippen LogP contribution in [0.4, 0.5) is 0 Å². The molecule has 2 heterocycles. The highest BCUT2D eigenvalue weighted by Crippen LogP contribution is 2.34. The van der Waals surface area contributed by atoms with Crippen molar-refractivity contribution in [2.24, 2.45) is 13.0 Å². The van der Waals surface area contributed by atoms with Crippen LogP contribution in [0.25, 0.3) is 0 Å². The van der Waals surface area contributed by atoms with E-state index in [0.717, 1.165) is 10.2 Å². The Balaban J connectivity index is 1.89. The lowest BCUT2D eigenvalue weighted by Crippen LogP contribution is -2.32. The van der Waals surface area contributed by atoms with E-state index in [1.807, 2.05) is 6.07 Å². The molecule has 0 spiro atoms. The summed E-state index contributed by atoms with van der Waals surface area (Å²) in [5.74, 6) is -1.78. The molecule has 1 saturated heterocycles. The van der Waals surface area contributed by atoms with Gasteiger partial charge in [0.25, 0.3) is 11.5 Å². The highest BCUT2D eigenvalue weighted by Gasteiger charge is 2.41. The Hall–Kier alpha value is -3.16. The van der Waals surface area contributed by atoms with Gasteiger partial charge < -0.3 is 14.7 Å². The number of carbonyl (C=O) groups is 2. The average molecular weight is 357 g/mol. The minimum Gasteiger partial charge on any atom is -0.497 e. The van der Waals surface area contributed by atoms with Gasteiger partial charge in [-0.2, -0.15) is 5.10 Å². The number of aliphatic carboxylic acids is 1. The van der Waals surface area contributed by atoms with Crippen molar-refractivity contribution >= 4 is 11.9 Å². The second kappa shape index (κ2) is 6.99. The Bertz CT molecular complexity index is 908. The summed E-state index contributed by atoms with van der Waals surface area (Å²) in [7, 11) is 3.01. The quantitative estimate of drug-likeness (QED) is 0.865. The van der Waals surface area contributed by atoms with E-state index < -0.39 is 17.8 Å². The number of ether oxygens (including phenoxy) is 1. The van der Waals surface area contributed by atoms with Gasteiger partial charge in [-0.15, -0.1) is 0 Å². The third-order valence-electron chi connectivity index (χ3n) is 4.63. The van der Waals surface area contributed by atoms with Gasteiger partial charge in [0.1, 0.15) is 11.4 Å². The fourth-order valence-electron chi connectivity index (χ4n) is 3.21. The summed E-state index contributed by atoms with van der Waals surface area (Å²) < 4.78 is 6.29. The highest BCUT2D eigenvalue weighted by molar-refractivity contribution is 5.93. The third kappa shape index (κ3) is 3.30. The molecule has 0 radical (unpaired) electrons. The molecule has 1 aliphatic rings. The van der Waals surface area contributed by atoms with Crippen molar-refractivity contribution in [3.8, 4) is 5.75 Å². The summed E-state index contributed by atoms with van der Waals surface area (Å²) in [5.41, 5.74) is 0.601. The number of hydrogen-bond acceptors (Lipinski definition) is 5. The molecule has 1 fully saturated rings. The molecule has 1 amide bonds. The molecule has 136 valence electrons. The van der Waals surface area contributed by atoms with Gasteiger partial charge in [-0.3, -0.25) is 14.4 Å². The molecule has 26 heavy (non-hydrogen) atoms. The Morgan fingerprint density at radius 2 is 2.00 bits per heavy atom. The van der Waals surface area contributed by atoms with Crippen LogP contribution in [0.1, 0.15) is 22.0 Å². The SMILES string of the molecule is COc1cccc([C@@H]2CN(C(=O)c3ccc(=O)n(C)n3)C[C@H]2C(=O)O)c1. The third-order valence-corrected chi connectivity index (χ3v) is 4.63. The topological polar surface area (TPSA) is 102 Å². The van der Waals surface area contributed by atoms with Crippen LogP contribution < -0.4 is 10.3 Å². The van der Waals surface area contributed by atoms with Crippen LogP contribution in [0.15, 0.2) is 41.2 Å². The van der Waals surface area contributed by atoms with Gasteiger partial charge in [0.2, 0.25) is 0 Å². The van der Waals surface area contributed by atoms with Gasteiger partial charge in [0.15, 0.2) is 0 Å². The molecule has 0 unspecified atom stereocenters. The first-order chi connectivity index (χ1) is 12.4. The number of carbonyl (C=O) groups excluding carboxylic acids is 1. The number of aryl methyl sites for hydroxylation is 1. The Morgan fingerprint density at radius 3 is 2.65 bits per heavy atom. The highest BCUT2D eigenvalue weighted by atomic mass is 16.5. The van der Waals surface area contributed by atoms with E-state index >= 15 is 0 Å². The van der Waals surface area contributed by atoms with Crippen molar-refractivity contribution in [1.29, 1.82) is 0 Å². The summed E-state index contributed by atoms with van der Waals surface area (Å²) in [6.07, 6.45) is 0. The van der Waals surface area contributed by atoms with E-state index in [9.17, 15) is 19.5 Å². The number of hydrogen-bond donors (Lipinski definition) is 1. The molecule has 8 heteroatoms. The lowest BCUT2D eigenvalue weighted by molar-refractivity contribution is -0.141. The molecule has 3 rings (SSSR count). The zero-order chi connectivity index (χ0) is 18.8. The zero-order valence-electron chi connectivity index (χ0n) is 14.5. The molecule has 8 nitrogen and oxygen atoms in total. The van der Waals surface area contributed by atoms with Gasteiger partial charge in [-0.25, -0.2) is 4.68 Å². The van der Waals surface area contributed by atoms with Crippen molar-refractivity contribution in [1.82, 2.24) is 14.7 Å². The van der Waals surface area contributed by atoms with Crippen LogP contribution in [0.2, 0.25) is 0 Å². The Kier molecular flexibility index (Phi) is 4.75. The number of carboxylic acid groups (broad SMARTS) is 1. The van der Waals surface area contributed by atoms with Crippen LogP contribution >= 0.6 is 0 Å². The number of methoxy groups -OCH3 is 1. The summed E-state index contributed by atoms with van der Waals surface area (Å²) in [6, 6.07) is 9.84. The first-order valence-corrected chi connectivity index (χ1v) is 8.11. The van der Waals surface area contributed by atoms with Crippen LogP contribution in [0, 0.1) is 5.92 Å². The zero-order valence-corrected chi connectivity index (χ0v) is 14.5. The van der Waals surface area contributed by atoms with Crippen LogP contribution in [0.3, 0.4) is 0 Å². The van der Waals surface area contributed by atoms with Crippen molar-refractivity contribution < 1.29 is 19.4 Å². The smallest absolute Gasteiger partial charge is 0.308 e. The van der Waals surface area contributed by atoms with Crippen molar-refractivity contribution in [3.05, 3.63) is 58.0 Å². The van der Waals surface area contributed by atoms with Gasteiger partial charge in [-0.1, -0.05) is 12.1 Å². The van der Waals surface area contributed by atoms with E-state index in [0.29, 0.717) is 5.75 Å². The van der Waals surface area contributed by atoms with E-state index in [1.54, 1.807) is 25.3 Å². The molecule has 1 aromatic carbocycles. The van der Waals surface area contributed by atoms with E-state index in [-0.39, 0.29) is 30.3 Å². The van der Waals surface area contributed by atoms with Gasteiger partial charge in [0.05, 0.1) is 13.0 Å². The maximum Gasteiger partial charge on any atom is 0.308 e. The Morgan fingerprint density at radius 1 is 1.23 bits per heavy atom. The van der Waals surface area contributed by atoms with E-state index in [4.69, 9.17) is 4.74 Å². The van der Waals surface area contributed by atoms with Gasteiger partial charge in [-0.05, 0) is 23.8 Å². The number of likely N-dealkylation sites (tertiary alicyclic amines) is 1. The van der Waals surface area contributed by atoms with Gasteiger partial charge in [0, 0.05) is 32.1 Å². The molecule has 0 aliphatic carbocycles. The maximum atomic E-state index is 12.7. The largest absolute Gasteiger partial charge is 0.497 e. The first kappa shape index (κ1) is 17.7. The van der Waals surface area contributed by atoms with E-state index in [2.05, 4.69) is 5.10 Å². The number of carboxylic acids is 1. The summed E-state index contributed by atoms with van der Waals surface area (Å²) in [5, 5.41) is 13.5. The standard InChI is InChI=1S/C18H19N3O5/c1-20-16(22)7-6-15(19-20)17(23)21-9-13(14(10-21)18(24)25)11-4-3-5-12(8-11)26-2/h3-8,13-14H,9-10H2,1-2H3,(H,24,25)/t13-,14+/m0/s1. The van der Waals surface area contributed by atoms with Crippen molar-refractivity contribution in [3.63, 3.8) is 0 Å². The average Bonchev–Trinajstić information content (AvgIpc) is 3.09. The number of rotatable bonds is 4. The number of benzene rings is 1. The lowest BCUT2D eigenvalue weighted by Gasteiger charge is -2.16. The number of nitrogens with zero attached hydrogens (tertiary/aromatic N) is 3. The summed E-state index contributed by atoms with van der Waals surface area (Å²) >= 11 is 0. The van der Waals surface area contributed by atoms with Crippen LogP contribution in [-0.2, 0) is 11.8 Å². The minimum absolute atomic E-state index is 0.0839. The molecule has 1 aromatic heterocycles. The molecule has 2 atom stereocenters. The lowest BCUT2D eigenvalue weighted by atomic mass is 9.89. The second-order valence-electron chi connectivity index (χ2n) is 6.22. The van der Waals surface area contributed by atoms with Crippen molar-refractivity contribution in [2.75, 3.05) is 20.2 Å². The predicted molar refractivity (Wildman–Crippen MR) is 92.2 cm³/mol. The molecule has 2 aromatic rings. The van der Waals surface area contributed by atoms with Gasteiger partial charge >= 0.3 is 5.97 Å².